The molecule has 0 spiro atoms. The molecule has 1 aliphatic carbocycles. The van der Waals surface area contributed by atoms with Crippen LogP contribution >= 0.6 is 0 Å². The molecule has 4 nitrogen and oxygen atoms in total. The van der Waals surface area contributed by atoms with Gasteiger partial charge in [0.2, 0.25) is 0 Å². The minimum Gasteiger partial charge on any atom is -0.468 e. The molecule has 1 atom stereocenters. The van der Waals surface area contributed by atoms with E-state index in [4.69, 9.17) is 9.47 Å². The summed E-state index contributed by atoms with van der Waals surface area (Å²) < 4.78 is 9.90. The number of rotatable bonds is 4. The summed E-state index contributed by atoms with van der Waals surface area (Å²) in [7, 11) is 2.55. The normalized spacial score (nSPS) is 15.9. The van der Waals surface area contributed by atoms with Crippen molar-refractivity contribution in [2.24, 2.45) is 11.3 Å². The summed E-state index contributed by atoms with van der Waals surface area (Å²) in [6.07, 6.45) is 8.04. The van der Waals surface area contributed by atoms with Crippen molar-refractivity contribution in [3.8, 4) is 11.8 Å². The molecule has 0 saturated carbocycles. The Labute approximate surface area is 148 Å². The Bertz CT molecular complexity index is 746. The number of ether oxygens (including phenoxy) is 2. The molecule has 0 radical (unpaired) electrons. The lowest BCUT2D eigenvalue weighted by atomic mass is 9.70. The van der Waals surface area contributed by atoms with Crippen LogP contribution < -0.4 is 0 Å². The zero-order valence-corrected chi connectivity index (χ0v) is 14.7. The molecule has 1 aromatic rings. The second-order valence-electron chi connectivity index (χ2n) is 5.96. The third-order valence-electron chi connectivity index (χ3n) is 4.33. The van der Waals surface area contributed by atoms with Crippen LogP contribution in [0.2, 0.25) is 0 Å². The number of allylic oxidation sites excluding steroid dienone is 4. The number of carbonyl (C=O) groups is 2. The van der Waals surface area contributed by atoms with Crippen molar-refractivity contribution in [1.82, 2.24) is 0 Å². The first-order chi connectivity index (χ1) is 12.0. The van der Waals surface area contributed by atoms with Crippen LogP contribution in [-0.4, -0.2) is 26.2 Å². The Kier molecular flexibility index (Phi) is 6.19. The lowest BCUT2D eigenvalue weighted by molar-refractivity contribution is -0.172. The van der Waals surface area contributed by atoms with Gasteiger partial charge in [-0.1, -0.05) is 48.3 Å². The second kappa shape index (κ2) is 8.34. The van der Waals surface area contributed by atoms with E-state index in [9.17, 15) is 9.59 Å². The molecule has 0 fully saturated rings. The van der Waals surface area contributed by atoms with Crippen LogP contribution in [0.4, 0.5) is 0 Å². The van der Waals surface area contributed by atoms with Gasteiger partial charge in [0.1, 0.15) is 0 Å². The molecule has 0 bridgehead atoms. The molecular formula is C21H22O4. The van der Waals surface area contributed by atoms with E-state index in [1.807, 2.05) is 55.5 Å². The Hall–Kier alpha value is -2.80. The van der Waals surface area contributed by atoms with E-state index in [0.29, 0.717) is 6.42 Å². The zero-order valence-electron chi connectivity index (χ0n) is 14.7. The van der Waals surface area contributed by atoms with Gasteiger partial charge in [-0.25, -0.2) is 0 Å². The van der Waals surface area contributed by atoms with E-state index in [2.05, 4.69) is 11.8 Å². The summed E-state index contributed by atoms with van der Waals surface area (Å²) in [6, 6.07) is 7.74. The zero-order chi connectivity index (χ0) is 18.3. The molecule has 0 saturated heterocycles. The SMILES string of the molecule is COC(=O)C(CC#Cc1cccc(C)c1)(C(=O)OC)C1C=CC=CC1. The fourth-order valence-corrected chi connectivity index (χ4v) is 2.98. The van der Waals surface area contributed by atoms with Gasteiger partial charge in [-0.3, -0.25) is 9.59 Å². The predicted molar refractivity (Wildman–Crippen MR) is 95.5 cm³/mol. The van der Waals surface area contributed by atoms with Crippen LogP contribution in [-0.2, 0) is 19.1 Å². The van der Waals surface area contributed by atoms with E-state index in [-0.39, 0.29) is 12.3 Å². The maximum Gasteiger partial charge on any atom is 0.324 e. The molecule has 2 rings (SSSR count). The first kappa shape index (κ1) is 18.5. The predicted octanol–water partition coefficient (Wildman–Crippen LogP) is 3.20. The number of carbonyl (C=O) groups excluding carboxylic acids is 2. The minimum absolute atomic E-state index is 0.0309. The van der Waals surface area contributed by atoms with Crippen molar-refractivity contribution in [2.45, 2.75) is 19.8 Å². The van der Waals surface area contributed by atoms with Crippen LogP contribution in [0.3, 0.4) is 0 Å². The van der Waals surface area contributed by atoms with Crippen LogP contribution in [0.25, 0.3) is 0 Å². The van der Waals surface area contributed by atoms with Crippen molar-refractivity contribution in [3.05, 3.63) is 59.7 Å². The van der Waals surface area contributed by atoms with E-state index < -0.39 is 17.4 Å². The first-order valence-electron chi connectivity index (χ1n) is 8.10. The van der Waals surface area contributed by atoms with Gasteiger partial charge in [-0.05, 0) is 31.0 Å². The van der Waals surface area contributed by atoms with Crippen molar-refractivity contribution in [3.63, 3.8) is 0 Å². The van der Waals surface area contributed by atoms with E-state index in [0.717, 1.165) is 11.1 Å². The minimum atomic E-state index is -1.47. The van der Waals surface area contributed by atoms with Crippen molar-refractivity contribution < 1.29 is 19.1 Å². The molecule has 0 heterocycles. The average molecular weight is 338 g/mol. The smallest absolute Gasteiger partial charge is 0.324 e. The maximum atomic E-state index is 12.6. The lowest BCUT2D eigenvalue weighted by Gasteiger charge is -2.33. The van der Waals surface area contributed by atoms with Gasteiger partial charge < -0.3 is 9.47 Å². The molecule has 0 N–H and O–H groups in total. The Morgan fingerprint density at radius 1 is 1.20 bits per heavy atom. The van der Waals surface area contributed by atoms with Gasteiger partial charge in [0, 0.05) is 17.9 Å². The van der Waals surface area contributed by atoms with Crippen LogP contribution in [0.1, 0.15) is 24.0 Å². The average Bonchev–Trinajstić information content (AvgIpc) is 2.65. The third kappa shape index (κ3) is 4.00. The highest BCUT2D eigenvalue weighted by atomic mass is 16.5. The molecule has 0 aromatic heterocycles. The highest BCUT2D eigenvalue weighted by Crippen LogP contribution is 2.39. The first-order valence-corrected chi connectivity index (χ1v) is 8.10. The Balaban J connectivity index is 2.40. The highest BCUT2D eigenvalue weighted by Gasteiger charge is 2.53. The number of esters is 2. The second-order valence-corrected chi connectivity index (χ2v) is 5.96. The highest BCUT2D eigenvalue weighted by molar-refractivity contribution is 6.01. The topological polar surface area (TPSA) is 52.6 Å². The summed E-state index contributed by atoms with van der Waals surface area (Å²) in [6.45, 7) is 1.98. The molecule has 1 aromatic carbocycles. The summed E-state index contributed by atoms with van der Waals surface area (Å²) >= 11 is 0. The molecule has 1 aliphatic rings. The van der Waals surface area contributed by atoms with Gasteiger partial charge in [0.25, 0.3) is 0 Å². The van der Waals surface area contributed by atoms with Gasteiger partial charge in [0.05, 0.1) is 14.2 Å². The summed E-state index contributed by atoms with van der Waals surface area (Å²) in [5, 5.41) is 0. The molecule has 130 valence electrons. The Morgan fingerprint density at radius 3 is 2.48 bits per heavy atom. The largest absolute Gasteiger partial charge is 0.468 e. The molecule has 4 heteroatoms. The number of hydrogen-bond acceptors (Lipinski definition) is 4. The third-order valence-corrected chi connectivity index (χ3v) is 4.33. The molecule has 1 unspecified atom stereocenters. The summed E-state index contributed by atoms with van der Waals surface area (Å²) in [5.74, 6) is 4.42. The quantitative estimate of drug-likeness (QED) is 0.481. The molecule has 0 aliphatic heterocycles. The number of hydrogen-bond donors (Lipinski definition) is 0. The number of benzene rings is 1. The molecule has 0 amide bonds. The van der Waals surface area contributed by atoms with E-state index >= 15 is 0 Å². The number of methoxy groups -OCH3 is 2. The van der Waals surface area contributed by atoms with Gasteiger partial charge in [0.15, 0.2) is 5.41 Å². The monoisotopic (exact) mass is 338 g/mol. The van der Waals surface area contributed by atoms with Crippen LogP contribution in [0, 0.1) is 30.1 Å². The lowest BCUT2D eigenvalue weighted by Crippen LogP contribution is -2.46. The van der Waals surface area contributed by atoms with Crippen molar-refractivity contribution in [1.29, 1.82) is 0 Å². The van der Waals surface area contributed by atoms with E-state index in [1.54, 1.807) is 0 Å². The fourth-order valence-electron chi connectivity index (χ4n) is 2.98. The van der Waals surface area contributed by atoms with Crippen molar-refractivity contribution >= 4 is 11.9 Å². The molecule has 25 heavy (non-hydrogen) atoms. The van der Waals surface area contributed by atoms with Gasteiger partial charge in [-0.15, -0.1) is 0 Å². The van der Waals surface area contributed by atoms with Gasteiger partial charge in [-0.2, -0.15) is 0 Å². The standard InChI is InChI=1S/C21H22O4/c1-16-9-7-10-17(15-16)11-8-14-21(19(22)24-2,20(23)25-3)18-12-5-4-6-13-18/h4-7,9-10,12,15,18H,13-14H2,1-3H3. The molecular weight excluding hydrogens is 316 g/mol. The van der Waals surface area contributed by atoms with Crippen LogP contribution in [0.5, 0.6) is 0 Å². The number of aryl methyl sites for hydroxylation is 1. The fraction of sp³-hybridized carbons (Fsp3) is 0.333. The maximum absolute atomic E-state index is 12.6. The van der Waals surface area contributed by atoms with Gasteiger partial charge >= 0.3 is 11.9 Å². The van der Waals surface area contributed by atoms with Crippen LogP contribution in [0.15, 0.2) is 48.6 Å². The Morgan fingerprint density at radius 2 is 1.92 bits per heavy atom. The van der Waals surface area contributed by atoms with Crippen molar-refractivity contribution in [2.75, 3.05) is 14.2 Å². The van der Waals surface area contributed by atoms with E-state index in [1.165, 1.54) is 14.2 Å². The summed E-state index contributed by atoms with van der Waals surface area (Å²) in [5.41, 5.74) is 0.462. The summed E-state index contributed by atoms with van der Waals surface area (Å²) in [4.78, 5) is 25.2.